The Labute approximate surface area is 180 Å². The highest BCUT2D eigenvalue weighted by Gasteiger charge is 2.21. The first-order valence-corrected chi connectivity index (χ1v) is 9.97. The molecule has 0 aliphatic heterocycles. The lowest BCUT2D eigenvalue weighted by atomic mass is 10.1. The van der Waals surface area contributed by atoms with Gasteiger partial charge < -0.3 is 16.0 Å². The summed E-state index contributed by atoms with van der Waals surface area (Å²) >= 11 is 5.93. The number of rotatable bonds is 10. The summed E-state index contributed by atoms with van der Waals surface area (Å²) in [5.74, 6) is -0.789. The zero-order chi connectivity index (χ0) is 21.8. The van der Waals surface area contributed by atoms with E-state index in [1.54, 1.807) is 54.0 Å². The molecule has 0 fully saturated rings. The third-order valence-electron chi connectivity index (χ3n) is 4.27. The Bertz CT molecular complexity index is 848. The van der Waals surface area contributed by atoms with Gasteiger partial charge in [-0.3, -0.25) is 14.8 Å². The van der Waals surface area contributed by atoms with Gasteiger partial charge in [0.2, 0.25) is 11.8 Å². The smallest absolute Gasteiger partial charge is 0.319 e. The summed E-state index contributed by atoms with van der Waals surface area (Å²) in [5.41, 5.74) is 2.73. The number of carbonyl (C=O) groups excluding carboxylic acids is 3. The van der Waals surface area contributed by atoms with Crippen molar-refractivity contribution in [1.82, 2.24) is 10.8 Å². The summed E-state index contributed by atoms with van der Waals surface area (Å²) in [5, 5.41) is 17.1. The average molecular weight is 433 g/mol. The largest absolute Gasteiger partial charge is 0.326 e. The van der Waals surface area contributed by atoms with Crippen molar-refractivity contribution in [3.8, 4) is 0 Å². The van der Waals surface area contributed by atoms with Crippen molar-refractivity contribution in [2.24, 2.45) is 0 Å². The third kappa shape index (κ3) is 8.50. The van der Waals surface area contributed by atoms with E-state index in [9.17, 15) is 14.4 Å². The van der Waals surface area contributed by atoms with Crippen LogP contribution in [0.3, 0.4) is 0 Å². The molecule has 0 radical (unpaired) electrons. The van der Waals surface area contributed by atoms with Gasteiger partial charge in [-0.25, -0.2) is 10.3 Å². The molecule has 9 heteroatoms. The van der Waals surface area contributed by atoms with Crippen LogP contribution in [0.1, 0.15) is 32.1 Å². The van der Waals surface area contributed by atoms with Gasteiger partial charge in [-0.05, 0) is 43.2 Å². The number of para-hydroxylation sites is 1. The van der Waals surface area contributed by atoms with Gasteiger partial charge in [-0.15, -0.1) is 0 Å². The Morgan fingerprint density at radius 2 is 1.63 bits per heavy atom. The van der Waals surface area contributed by atoms with E-state index in [0.717, 1.165) is 0 Å². The first kappa shape index (κ1) is 23.2. The minimum Gasteiger partial charge on any atom is -0.326 e. The number of unbranched alkanes of at least 4 members (excludes halogenated alkanes) is 2. The molecule has 0 bridgehead atoms. The molecule has 30 heavy (non-hydrogen) atoms. The molecule has 5 N–H and O–H groups in total. The predicted octanol–water partition coefficient (Wildman–Crippen LogP) is 3.92. The topological polar surface area (TPSA) is 120 Å². The molecule has 2 rings (SSSR count). The molecule has 8 nitrogen and oxygen atoms in total. The van der Waals surface area contributed by atoms with Crippen molar-refractivity contribution in [1.29, 1.82) is 0 Å². The van der Waals surface area contributed by atoms with Gasteiger partial charge in [-0.1, -0.05) is 48.7 Å². The number of halogens is 1. The van der Waals surface area contributed by atoms with Gasteiger partial charge in [0.15, 0.2) is 0 Å². The van der Waals surface area contributed by atoms with E-state index in [-0.39, 0.29) is 12.3 Å². The summed E-state index contributed by atoms with van der Waals surface area (Å²) in [6.07, 6.45) is 2.43. The number of amides is 4. The van der Waals surface area contributed by atoms with E-state index < -0.39 is 18.0 Å². The van der Waals surface area contributed by atoms with Crippen LogP contribution >= 0.6 is 11.6 Å². The molecule has 0 saturated heterocycles. The van der Waals surface area contributed by atoms with Crippen LogP contribution in [-0.2, 0) is 9.59 Å². The number of benzene rings is 2. The van der Waals surface area contributed by atoms with Crippen molar-refractivity contribution in [3.63, 3.8) is 0 Å². The highest BCUT2D eigenvalue weighted by Crippen LogP contribution is 2.15. The summed E-state index contributed by atoms with van der Waals surface area (Å²) in [7, 11) is 0. The molecule has 1 atom stereocenters. The molecule has 0 unspecified atom stereocenters. The fourth-order valence-corrected chi connectivity index (χ4v) is 2.97. The van der Waals surface area contributed by atoms with Gasteiger partial charge in [-0.2, -0.15) is 0 Å². The van der Waals surface area contributed by atoms with Crippen LogP contribution in [0.15, 0.2) is 54.6 Å². The average Bonchev–Trinajstić information content (AvgIpc) is 2.73. The number of urea groups is 1. The number of carbonyl (C=O) groups is 3. The standard InChI is InChI=1S/C21H25ClN4O4/c22-15-8-7-11-17(14-15)24-21(29)25-18(12-5-2-6-13-19(27)26-30)20(28)23-16-9-3-1-4-10-16/h1,3-4,7-11,14,18,30H,2,5-6,12-13H2,(H,23,28)(H,26,27)(H2,24,25,29)/t18-/m0/s1. The molecule has 2 aromatic carbocycles. The van der Waals surface area contributed by atoms with E-state index in [1.807, 2.05) is 6.07 Å². The first-order chi connectivity index (χ1) is 14.5. The number of hydroxylamine groups is 1. The van der Waals surface area contributed by atoms with Gasteiger partial charge in [0.05, 0.1) is 0 Å². The molecule has 2 aromatic rings. The monoisotopic (exact) mass is 432 g/mol. The Balaban J connectivity index is 1.93. The quantitative estimate of drug-likeness (QED) is 0.222. The van der Waals surface area contributed by atoms with E-state index in [2.05, 4.69) is 16.0 Å². The van der Waals surface area contributed by atoms with Crippen LogP contribution in [0.4, 0.5) is 16.2 Å². The van der Waals surface area contributed by atoms with Crippen LogP contribution in [0.2, 0.25) is 5.02 Å². The van der Waals surface area contributed by atoms with Crippen LogP contribution in [0.25, 0.3) is 0 Å². The second kappa shape index (κ2) is 12.5. The van der Waals surface area contributed by atoms with Crippen LogP contribution in [0, 0.1) is 0 Å². The maximum absolute atomic E-state index is 12.7. The number of hydrogen-bond acceptors (Lipinski definition) is 4. The molecular formula is C21H25ClN4O4. The van der Waals surface area contributed by atoms with Crippen LogP contribution in [0.5, 0.6) is 0 Å². The van der Waals surface area contributed by atoms with Crippen molar-refractivity contribution in [2.45, 2.75) is 38.1 Å². The molecule has 0 aliphatic carbocycles. The maximum atomic E-state index is 12.7. The summed E-state index contributed by atoms with van der Waals surface area (Å²) in [6.45, 7) is 0. The summed E-state index contributed by atoms with van der Waals surface area (Å²) in [4.78, 5) is 36.1. The normalized spacial score (nSPS) is 11.3. The Hall–Kier alpha value is -3.10. The van der Waals surface area contributed by atoms with Gasteiger partial charge in [0.1, 0.15) is 6.04 Å². The number of hydrogen-bond donors (Lipinski definition) is 5. The van der Waals surface area contributed by atoms with Crippen LogP contribution in [-0.4, -0.2) is 29.1 Å². The molecule has 0 spiro atoms. The van der Waals surface area contributed by atoms with Gasteiger partial charge in [0, 0.05) is 22.8 Å². The lowest BCUT2D eigenvalue weighted by molar-refractivity contribution is -0.129. The molecule has 160 valence electrons. The van der Waals surface area contributed by atoms with Crippen molar-refractivity contribution in [2.75, 3.05) is 10.6 Å². The molecule has 0 saturated carbocycles. The number of nitrogens with one attached hydrogen (secondary N) is 4. The zero-order valence-electron chi connectivity index (χ0n) is 16.4. The highest BCUT2D eigenvalue weighted by atomic mass is 35.5. The van der Waals surface area contributed by atoms with Crippen LogP contribution < -0.4 is 21.4 Å². The van der Waals surface area contributed by atoms with E-state index in [1.165, 1.54) is 0 Å². The Morgan fingerprint density at radius 1 is 0.900 bits per heavy atom. The van der Waals surface area contributed by atoms with Gasteiger partial charge >= 0.3 is 6.03 Å². The lowest BCUT2D eigenvalue weighted by Gasteiger charge is -2.19. The minimum absolute atomic E-state index is 0.195. The fraction of sp³-hybridized carbons (Fsp3) is 0.286. The SMILES string of the molecule is O=C(CCCCC[C@H](NC(=O)Nc1cccc(Cl)c1)C(=O)Nc1ccccc1)NO. The molecule has 0 heterocycles. The summed E-state index contributed by atoms with van der Waals surface area (Å²) < 4.78 is 0. The Kier molecular flexibility index (Phi) is 9.63. The van der Waals surface area contributed by atoms with E-state index in [0.29, 0.717) is 42.1 Å². The number of anilines is 2. The Morgan fingerprint density at radius 3 is 2.33 bits per heavy atom. The predicted molar refractivity (Wildman–Crippen MR) is 115 cm³/mol. The van der Waals surface area contributed by atoms with Gasteiger partial charge in [0.25, 0.3) is 0 Å². The third-order valence-corrected chi connectivity index (χ3v) is 4.50. The first-order valence-electron chi connectivity index (χ1n) is 9.60. The molecule has 0 aromatic heterocycles. The fourth-order valence-electron chi connectivity index (χ4n) is 2.78. The van der Waals surface area contributed by atoms with E-state index >= 15 is 0 Å². The highest BCUT2D eigenvalue weighted by molar-refractivity contribution is 6.30. The zero-order valence-corrected chi connectivity index (χ0v) is 17.1. The molecule has 0 aliphatic rings. The second-order valence-electron chi connectivity index (χ2n) is 6.65. The maximum Gasteiger partial charge on any atom is 0.319 e. The molecule has 4 amide bonds. The van der Waals surface area contributed by atoms with Crippen molar-refractivity contribution < 1.29 is 19.6 Å². The second-order valence-corrected chi connectivity index (χ2v) is 7.09. The lowest BCUT2D eigenvalue weighted by Crippen LogP contribution is -2.45. The van der Waals surface area contributed by atoms with E-state index in [4.69, 9.17) is 16.8 Å². The van der Waals surface area contributed by atoms with Crippen molar-refractivity contribution >= 4 is 40.8 Å². The molecular weight excluding hydrogens is 408 g/mol. The minimum atomic E-state index is -0.768. The summed E-state index contributed by atoms with van der Waals surface area (Å²) in [6, 6.07) is 14.4. The van der Waals surface area contributed by atoms with Crippen molar-refractivity contribution in [3.05, 3.63) is 59.6 Å².